The van der Waals surface area contributed by atoms with Gasteiger partial charge in [-0.2, -0.15) is 0 Å². The summed E-state index contributed by atoms with van der Waals surface area (Å²) in [6.45, 7) is 3.76. The van der Waals surface area contributed by atoms with Crippen LogP contribution in [0, 0.1) is 11.3 Å². The molecule has 0 heterocycles. The fourth-order valence-corrected chi connectivity index (χ4v) is 4.29. The van der Waals surface area contributed by atoms with Gasteiger partial charge in [-0.05, 0) is 38.5 Å². The Morgan fingerprint density at radius 3 is 2.14 bits per heavy atom. The Hall–Kier alpha value is -1.56. The quantitative estimate of drug-likeness (QED) is 0.450. The molecule has 2 aliphatic rings. The zero-order valence-corrected chi connectivity index (χ0v) is 14.3. The molecule has 0 aromatic rings. The van der Waals surface area contributed by atoms with E-state index < -0.39 is 17.4 Å². The molecule has 22 heavy (non-hydrogen) atoms. The van der Waals surface area contributed by atoms with Gasteiger partial charge in [0.1, 0.15) is 0 Å². The number of methoxy groups -OCH3 is 2. The third-order valence-electron chi connectivity index (χ3n) is 4.45. The standard InChI is InChI=1S/C16H20O5S/c1-8(2)11-9-6-16(14(18)20-3,15(19)21-4)7-10(9)13(22-5)12(11)17/h9H,6-7H2,1-5H3. The van der Waals surface area contributed by atoms with Crippen molar-refractivity contribution in [1.82, 2.24) is 0 Å². The molecule has 0 saturated heterocycles. The highest BCUT2D eigenvalue weighted by molar-refractivity contribution is 8.03. The number of ketones is 1. The van der Waals surface area contributed by atoms with Gasteiger partial charge in [-0.25, -0.2) is 0 Å². The third-order valence-corrected chi connectivity index (χ3v) is 5.31. The number of Topliss-reactive ketones (excluding diaryl/α,β-unsaturated/α-hetero) is 1. The number of allylic oxidation sites excluding steroid dienone is 4. The van der Waals surface area contributed by atoms with Gasteiger partial charge in [0.25, 0.3) is 0 Å². The van der Waals surface area contributed by atoms with Crippen LogP contribution in [0.4, 0.5) is 0 Å². The van der Waals surface area contributed by atoms with Crippen molar-refractivity contribution in [2.45, 2.75) is 26.7 Å². The fraction of sp³-hybridized carbons (Fsp3) is 0.562. The molecule has 1 saturated carbocycles. The molecule has 1 unspecified atom stereocenters. The van der Waals surface area contributed by atoms with Crippen molar-refractivity contribution in [3.05, 3.63) is 21.6 Å². The summed E-state index contributed by atoms with van der Waals surface area (Å²) in [5.74, 6) is -1.36. The number of hydrogen-bond acceptors (Lipinski definition) is 6. The number of carbonyl (C=O) groups excluding carboxylic acids is 3. The van der Waals surface area contributed by atoms with Gasteiger partial charge < -0.3 is 9.47 Å². The maximum Gasteiger partial charge on any atom is 0.323 e. The summed E-state index contributed by atoms with van der Waals surface area (Å²) in [7, 11) is 2.52. The van der Waals surface area contributed by atoms with Gasteiger partial charge >= 0.3 is 11.9 Å². The molecular weight excluding hydrogens is 304 g/mol. The smallest absolute Gasteiger partial charge is 0.323 e. The van der Waals surface area contributed by atoms with E-state index in [1.807, 2.05) is 20.1 Å². The number of thioether (sulfide) groups is 1. The molecule has 0 aromatic carbocycles. The van der Waals surface area contributed by atoms with Gasteiger partial charge in [0.05, 0.1) is 19.1 Å². The van der Waals surface area contributed by atoms with Crippen LogP contribution in [0.25, 0.3) is 0 Å². The lowest BCUT2D eigenvalue weighted by atomic mass is 9.83. The molecule has 0 N–H and O–H groups in total. The lowest BCUT2D eigenvalue weighted by Crippen LogP contribution is -2.39. The first-order valence-corrected chi connectivity index (χ1v) is 8.22. The van der Waals surface area contributed by atoms with E-state index in [1.54, 1.807) is 0 Å². The van der Waals surface area contributed by atoms with E-state index in [0.29, 0.717) is 10.5 Å². The predicted molar refractivity (Wildman–Crippen MR) is 83.1 cm³/mol. The Kier molecular flexibility index (Phi) is 4.52. The monoisotopic (exact) mass is 324 g/mol. The second kappa shape index (κ2) is 5.91. The van der Waals surface area contributed by atoms with Gasteiger partial charge in [0.15, 0.2) is 11.2 Å². The van der Waals surface area contributed by atoms with Gasteiger partial charge in [-0.15, -0.1) is 11.8 Å². The van der Waals surface area contributed by atoms with Crippen molar-refractivity contribution in [2.24, 2.45) is 11.3 Å². The first kappa shape index (κ1) is 16.8. The van der Waals surface area contributed by atoms with Crippen LogP contribution in [-0.2, 0) is 23.9 Å². The summed E-state index contributed by atoms with van der Waals surface area (Å²) in [5.41, 5.74) is 1.15. The van der Waals surface area contributed by atoms with Crippen molar-refractivity contribution >= 4 is 29.5 Å². The number of rotatable bonds is 3. The highest BCUT2D eigenvalue weighted by atomic mass is 32.2. The topological polar surface area (TPSA) is 69.7 Å². The van der Waals surface area contributed by atoms with Crippen LogP contribution in [0.15, 0.2) is 21.6 Å². The molecule has 120 valence electrons. The molecule has 2 aliphatic carbocycles. The second-order valence-corrected chi connectivity index (χ2v) is 6.62. The lowest BCUT2D eigenvalue weighted by Gasteiger charge is -2.23. The Morgan fingerprint density at radius 2 is 1.73 bits per heavy atom. The minimum atomic E-state index is -1.34. The zero-order chi connectivity index (χ0) is 16.7. The van der Waals surface area contributed by atoms with Crippen LogP contribution in [-0.4, -0.2) is 38.2 Å². The van der Waals surface area contributed by atoms with E-state index in [1.165, 1.54) is 26.0 Å². The van der Waals surface area contributed by atoms with Crippen molar-refractivity contribution < 1.29 is 23.9 Å². The van der Waals surface area contributed by atoms with Crippen LogP contribution < -0.4 is 0 Å². The SMILES string of the molecule is COC(=O)C1(C(=O)OC)CC2=C(SC)C(=O)C(=C(C)C)C2C1. The molecule has 2 rings (SSSR count). The highest BCUT2D eigenvalue weighted by Crippen LogP contribution is 2.56. The first-order valence-electron chi connectivity index (χ1n) is 7.00. The molecule has 0 aromatic heterocycles. The van der Waals surface area contributed by atoms with Crippen LogP contribution in [0.2, 0.25) is 0 Å². The van der Waals surface area contributed by atoms with E-state index in [-0.39, 0.29) is 24.5 Å². The van der Waals surface area contributed by atoms with E-state index in [4.69, 9.17) is 9.47 Å². The van der Waals surface area contributed by atoms with E-state index in [9.17, 15) is 14.4 Å². The molecule has 0 radical (unpaired) electrons. The average molecular weight is 324 g/mol. The molecule has 0 spiro atoms. The molecule has 5 nitrogen and oxygen atoms in total. The average Bonchev–Trinajstić information content (AvgIpc) is 2.98. The number of fused-ring (bicyclic) bond motifs is 1. The molecule has 1 fully saturated rings. The van der Waals surface area contributed by atoms with Crippen LogP contribution in [0.5, 0.6) is 0 Å². The van der Waals surface area contributed by atoms with E-state index in [2.05, 4.69) is 0 Å². The number of carbonyl (C=O) groups is 3. The number of ether oxygens (including phenoxy) is 2. The van der Waals surface area contributed by atoms with Crippen LogP contribution in [0.1, 0.15) is 26.7 Å². The summed E-state index contributed by atoms with van der Waals surface area (Å²) >= 11 is 1.37. The molecule has 0 amide bonds. The minimum absolute atomic E-state index is 0.0239. The van der Waals surface area contributed by atoms with Gasteiger partial charge in [0, 0.05) is 11.5 Å². The number of esters is 2. The van der Waals surface area contributed by atoms with Gasteiger partial charge in [0.2, 0.25) is 0 Å². The van der Waals surface area contributed by atoms with Crippen molar-refractivity contribution in [3.63, 3.8) is 0 Å². The summed E-state index contributed by atoms with van der Waals surface area (Å²) in [4.78, 5) is 37.7. The maximum absolute atomic E-state index is 12.5. The van der Waals surface area contributed by atoms with Crippen LogP contribution in [0.3, 0.4) is 0 Å². The molecule has 0 aliphatic heterocycles. The molecule has 6 heteroatoms. The largest absolute Gasteiger partial charge is 0.468 e. The summed E-state index contributed by atoms with van der Waals surface area (Å²) < 4.78 is 9.69. The van der Waals surface area contributed by atoms with Crippen molar-refractivity contribution in [1.29, 1.82) is 0 Å². The van der Waals surface area contributed by atoms with E-state index >= 15 is 0 Å². The Labute approximate surface area is 134 Å². The normalized spacial score (nSPS) is 22.7. The Balaban J connectivity index is 2.59. The third kappa shape index (κ3) is 2.20. The van der Waals surface area contributed by atoms with Crippen molar-refractivity contribution in [3.8, 4) is 0 Å². The minimum Gasteiger partial charge on any atom is -0.468 e. The summed E-state index contributed by atoms with van der Waals surface area (Å²) in [6, 6.07) is 0. The van der Waals surface area contributed by atoms with E-state index in [0.717, 1.165) is 11.1 Å². The maximum atomic E-state index is 12.5. The number of hydrogen-bond donors (Lipinski definition) is 0. The first-order chi connectivity index (χ1) is 10.3. The van der Waals surface area contributed by atoms with Crippen LogP contribution >= 0.6 is 11.8 Å². The second-order valence-electron chi connectivity index (χ2n) is 5.80. The van der Waals surface area contributed by atoms with Gasteiger partial charge in [-0.3, -0.25) is 14.4 Å². The highest BCUT2D eigenvalue weighted by Gasteiger charge is 2.59. The molecular formula is C16H20O5S. The molecule has 1 atom stereocenters. The lowest BCUT2D eigenvalue weighted by molar-refractivity contribution is -0.168. The predicted octanol–water partition coefficient (Wildman–Crippen LogP) is 2.26. The van der Waals surface area contributed by atoms with Gasteiger partial charge in [-0.1, -0.05) is 5.57 Å². The Bertz CT molecular complexity index is 594. The Morgan fingerprint density at radius 1 is 1.18 bits per heavy atom. The summed E-state index contributed by atoms with van der Waals surface area (Å²) in [6.07, 6.45) is 2.26. The fourth-order valence-electron chi connectivity index (χ4n) is 3.52. The zero-order valence-electron chi connectivity index (χ0n) is 13.4. The summed E-state index contributed by atoms with van der Waals surface area (Å²) in [5, 5.41) is 0. The van der Waals surface area contributed by atoms with Crippen molar-refractivity contribution in [2.75, 3.05) is 20.5 Å². The molecule has 0 bridgehead atoms.